The van der Waals surface area contributed by atoms with Crippen LogP contribution >= 0.6 is 0 Å². The molecule has 1 atom stereocenters. The van der Waals surface area contributed by atoms with Crippen molar-refractivity contribution in [1.82, 2.24) is 9.97 Å². The molecule has 4 rings (SSSR count). The molecule has 0 radical (unpaired) electrons. The third kappa shape index (κ3) is 4.20. The van der Waals surface area contributed by atoms with Gasteiger partial charge in [-0.15, -0.1) is 0 Å². The summed E-state index contributed by atoms with van der Waals surface area (Å²) in [6.07, 6.45) is 0.948. The SMILES string of the molecule is CC1CN(c2nc3ccc(F)cc3cc2C(=O)Nc2ccnc(C(N)=O)c2)CCC1(F)F. The molecular formula is C22H20F3N5O2. The van der Waals surface area contributed by atoms with Gasteiger partial charge < -0.3 is 16.0 Å². The van der Waals surface area contributed by atoms with E-state index in [2.05, 4.69) is 15.3 Å². The summed E-state index contributed by atoms with van der Waals surface area (Å²) in [5.74, 6) is -5.35. The molecule has 32 heavy (non-hydrogen) atoms. The molecule has 10 heteroatoms. The minimum Gasteiger partial charge on any atom is -0.364 e. The van der Waals surface area contributed by atoms with Gasteiger partial charge in [0, 0.05) is 42.7 Å². The lowest BCUT2D eigenvalue weighted by Gasteiger charge is -2.38. The molecule has 2 aromatic heterocycles. The minimum atomic E-state index is -2.80. The van der Waals surface area contributed by atoms with Gasteiger partial charge in [0.25, 0.3) is 17.7 Å². The molecule has 3 aromatic rings. The highest BCUT2D eigenvalue weighted by atomic mass is 19.3. The number of rotatable bonds is 4. The molecule has 0 bridgehead atoms. The maximum absolute atomic E-state index is 14.0. The molecule has 2 amide bonds. The number of halogens is 3. The Morgan fingerprint density at radius 3 is 2.72 bits per heavy atom. The predicted molar refractivity (Wildman–Crippen MR) is 113 cm³/mol. The van der Waals surface area contributed by atoms with Crippen LogP contribution < -0.4 is 16.0 Å². The van der Waals surface area contributed by atoms with Gasteiger partial charge in [-0.1, -0.05) is 6.92 Å². The van der Waals surface area contributed by atoms with E-state index in [0.29, 0.717) is 10.9 Å². The Bertz CT molecular complexity index is 1220. The molecule has 1 aromatic carbocycles. The molecule has 7 nitrogen and oxygen atoms in total. The van der Waals surface area contributed by atoms with E-state index in [-0.39, 0.29) is 42.3 Å². The lowest BCUT2D eigenvalue weighted by Crippen LogP contribution is -2.46. The fourth-order valence-electron chi connectivity index (χ4n) is 3.67. The maximum atomic E-state index is 14.0. The topological polar surface area (TPSA) is 101 Å². The number of carbonyl (C=O) groups excluding carboxylic acids is 2. The summed E-state index contributed by atoms with van der Waals surface area (Å²) in [5.41, 5.74) is 5.99. The molecule has 0 aliphatic carbocycles. The van der Waals surface area contributed by atoms with Gasteiger partial charge in [-0.2, -0.15) is 0 Å². The van der Waals surface area contributed by atoms with Gasteiger partial charge in [-0.3, -0.25) is 14.6 Å². The Labute approximate surface area is 181 Å². The van der Waals surface area contributed by atoms with Crippen molar-refractivity contribution in [3.63, 3.8) is 0 Å². The Morgan fingerprint density at radius 1 is 1.22 bits per heavy atom. The van der Waals surface area contributed by atoms with Crippen molar-refractivity contribution in [1.29, 1.82) is 0 Å². The first-order valence-electron chi connectivity index (χ1n) is 9.94. The first-order chi connectivity index (χ1) is 15.1. The van der Waals surface area contributed by atoms with Gasteiger partial charge in [0.2, 0.25) is 0 Å². The number of nitrogens with two attached hydrogens (primary N) is 1. The van der Waals surface area contributed by atoms with Crippen molar-refractivity contribution in [3.05, 3.63) is 59.7 Å². The highest BCUT2D eigenvalue weighted by molar-refractivity contribution is 6.10. The van der Waals surface area contributed by atoms with Crippen molar-refractivity contribution < 1.29 is 22.8 Å². The van der Waals surface area contributed by atoms with Crippen LogP contribution in [0, 0.1) is 11.7 Å². The zero-order valence-electron chi connectivity index (χ0n) is 17.1. The standard InChI is InChI=1S/C22H20F3N5O2/c1-12-11-30(7-5-22(12,24)25)20-16(9-13-8-14(23)2-3-17(13)29-20)21(32)28-15-4-6-27-18(10-15)19(26)31/h2-4,6,8-10,12H,5,7,11H2,1H3,(H2,26,31)(H,27,28,32). The summed E-state index contributed by atoms with van der Waals surface area (Å²) < 4.78 is 41.8. The molecule has 1 fully saturated rings. The van der Waals surface area contributed by atoms with E-state index >= 15 is 0 Å². The average Bonchev–Trinajstić information content (AvgIpc) is 2.75. The Kier molecular flexibility index (Phi) is 5.45. The maximum Gasteiger partial charge on any atom is 0.267 e. The van der Waals surface area contributed by atoms with Gasteiger partial charge in [-0.05, 0) is 36.4 Å². The highest BCUT2D eigenvalue weighted by Crippen LogP contribution is 2.36. The molecule has 166 valence electrons. The number of hydrogen-bond acceptors (Lipinski definition) is 5. The number of primary amides is 1. The Hall–Kier alpha value is -3.69. The van der Waals surface area contributed by atoms with Gasteiger partial charge in [0.05, 0.1) is 11.1 Å². The first-order valence-corrected chi connectivity index (χ1v) is 9.94. The Balaban J connectivity index is 1.74. The van der Waals surface area contributed by atoms with E-state index in [1.807, 2.05) is 0 Å². The summed E-state index contributed by atoms with van der Waals surface area (Å²) in [6, 6.07) is 8.23. The van der Waals surface area contributed by atoms with Gasteiger partial charge in [0.15, 0.2) is 0 Å². The third-order valence-electron chi connectivity index (χ3n) is 5.50. The Morgan fingerprint density at radius 2 is 2.00 bits per heavy atom. The van der Waals surface area contributed by atoms with Gasteiger partial charge >= 0.3 is 0 Å². The molecule has 1 aliphatic heterocycles. The second-order valence-electron chi connectivity index (χ2n) is 7.80. The third-order valence-corrected chi connectivity index (χ3v) is 5.50. The minimum absolute atomic E-state index is 0.00800. The number of pyridine rings is 2. The molecule has 1 aliphatic rings. The number of alkyl halides is 2. The zero-order valence-corrected chi connectivity index (χ0v) is 17.1. The lowest BCUT2D eigenvalue weighted by molar-refractivity contribution is -0.0652. The van der Waals surface area contributed by atoms with Gasteiger partial charge in [0.1, 0.15) is 17.3 Å². The number of anilines is 2. The van der Waals surface area contributed by atoms with Crippen molar-refractivity contribution >= 4 is 34.2 Å². The number of carbonyl (C=O) groups is 2. The lowest BCUT2D eigenvalue weighted by atomic mass is 9.95. The van der Waals surface area contributed by atoms with Crippen LogP contribution in [0.3, 0.4) is 0 Å². The summed E-state index contributed by atoms with van der Waals surface area (Å²) in [7, 11) is 0. The van der Waals surface area contributed by atoms with E-state index in [4.69, 9.17) is 5.73 Å². The van der Waals surface area contributed by atoms with Crippen LogP contribution in [0.1, 0.15) is 34.2 Å². The van der Waals surface area contributed by atoms with E-state index in [0.717, 1.165) is 0 Å². The number of amides is 2. The number of benzene rings is 1. The fourth-order valence-corrected chi connectivity index (χ4v) is 3.67. The number of fused-ring (bicyclic) bond motifs is 1. The van der Waals surface area contributed by atoms with Crippen LogP contribution in [0.5, 0.6) is 0 Å². The predicted octanol–water partition coefficient (Wildman–Crippen LogP) is 3.60. The number of hydrogen-bond donors (Lipinski definition) is 2. The second-order valence-corrected chi connectivity index (χ2v) is 7.80. The molecule has 1 unspecified atom stereocenters. The van der Waals surface area contributed by atoms with Crippen LogP contribution in [-0.4, -0.2) is 40.8 Å². The van der Waals surface area contributed by atoms with Crippen molar-refractivity contribution in [2.45, 2.75) is 19.3 Å². The highest BCUT2D eigenvalue weighted by Gasteiger charge is 2.42. The molecule has 3 N–H and O–H groups in total. The van der Waals surface area contributed by atoms with Crippen LogP contribution in [0.15, 0.2) is 42.6 Å². The fraction of sp³-hybridized carbons (Fsp3) is 0.273. The number of nitrogens with zero attached hydrogens (tertiary/aromatic N) is 3. The second kappa shape index (κ2) is 8.10. The van der Waals surface area contributed by atoms with Crippen molar-refractivity contribution in [3.8, 4) is 0 Å². The zero-order chi connectivity index (χ0) is 23.0. The number of aromatic nitrogens is 2. The summed E-state index contributed by atoms with van der Waals surface area (Å²) in [4.78, 5) is 34.5. The van der Waals surface area contributed by atoms with E-state index in [1.165, 1.54) is 49.5 Å². The molecule has 0 saturated carbocycles. The van der Waals surface area contributed by atoms with E-state index in [9.17, 15) is 22.8 Å². The molecule has 3 heterocycles. The average molecular weight is 443 g/mol. The van der Waals surface area contributed by atoms with Crippen LogP contribution in [0.4, 0.5) is 24.7 Å². The molecule has 1 saturated heterocycles. The monoisotopic (exact) mass is 443 g/mol. The first kappa shape index (κ1) is 21.5. The molecule has 0 spiro atoms. The summed E-state index contributed by atoms with van der Waals surface area (Å²) in [6.45, 7) is 1.47. The molecular weight excluding hydrogens is 423 g/mol. The van der Waals surface area contributed by atoms with Crippen LogP contribution in [0.2, 0.25) is 0 Å². The van der Waals surface area contributed by atoms with E-state index in [1.54, 1.807) is 4.90 Å². The largest absolute Gasteiger partial charge is 0.364 e. The summed E-state index contributed by atoms with van der Waals surface area (Å²) >= 11 is 0. The van der Waals surface area contributed by atoms with Crippen molar-refractivity contribution in [2.75, 3.05) is 23.3 Å². The van der Waals surface area contributed by atoms with Crippen LogP contribution in [-0.2, 0) is 0 Å². The normalized spacial score (nSPS) is 17.9. The number of piperidine rings is 1. The van der Waals surface area contributed by atoms with Crippen molar-refractivity contribution in [2.24, 2.45) is 11.7 Å². The van der Waals surface area contributed by atoms with Gasteiger partial charge in [-0.25, -0.2) is 18.2 Å². The summed E-state index contributed by atoms with van der Waals surface area (Å²) in [5, 5.41) is 3.04. The number of nitrogens with one attached hydrogen (secondary N) is 1. The smallest absolute Gasteiger partial charge is 0.267 e. The van der Waals surface area contributed by atoms with E-state index < -0.39 is 29.5 Å². The quantitative estimate of drug-likeness (QED) is 0.642. The van der Waals surface area contributed by atoms with Crippen LogP contribution in [0.25, 0.3) is 10.9 Å².